The second-order valence-electron chi connectivity index (χ2n) is 15.8. The smallest absolute Gasteiger partial charge is 0.229 e. The highest BCUT2D eigenvalue weighted by Gasteiger charge is 2.21. The summed E-state index contributed by atoms with van der Waals surface area (Å²) >= 11 is 0. The van der Waals surface area contributed by atoms with Crippen molar-refractivity contribution in [1.82, 2.24) is 4.98 Å². The number of hydrogen-bond donors (Lipinski definition) is 0. The van der Waals surface area contributed by atoms with Gasteiger partial charge in [0.2, 0.25) is 5.89 Å². The summed E-state index contributed by atoms with van der Waals surface area (Å²) in [5.41, 5.74) is 13.0. The van der Waals surface area contributed by atoms with Crippen molar-refractivity contribution in [3.63, 3.8) is 0 Å². The van der Waals surface area contributed by atoms with Gasteiger partial charge in [-0.3, -0.25) is 4.99 Å². The van der Waals surface area contributed by atoms with Crippen LogP contribution in [0.25, 0.3) is 55.6 Å². The molecule has 7 rings (SSSR count). The van der Waals surface area contributed by atoms with E-state index in [9.17, 15) is 0 Å². The second kappa shape index (κ2) is 12.9. The lowest BCUT2D eigenvalue weighted by Crippen LogP contribution is -2.17. The van der Waals surface area contributed by atoms with Crippen LogP contribution in [0.5, 0.6) is 0 Å². The fraction of sp³-hybridized carbons (Fsp3) is 0.234. The van der Waals surface area contributed by atoms with Gasteiger partial charge in [-0.05, 0) is 109 Å². The van der Waals surface area contributed by atoms with Crippen molar-refractivity contribution in [3.8, 4) is 33.7 Å². The number of hydrogen-bond acceptors (Lipinski definition) is 3. The molecule has 0 unspecified atom stereocenters. The van der Waals surface area contributed by atoms with Gasteiger partial charge in [-0.15, -0.1) is 0 Å². The lowest BCUT2D eigenvalue weighted by molar-refractivity contribution is 0.568. The first-order chi connectivity index (χ1) is 23.8. The van der Waals surface area contributed by atoms with Crippen LogP contribution in [0.4, 0.5) is 5.69 Å². The third kappa shape index (κ3) is 6.78. The number of fused-ring (bicyclic) bond motifs is 2. The van der Waals surface area contributed by atoms with E-state index in [-0.39, 0.29) is 10.8 Å². The molecule has 0 aliphatic rings. The topological polar surface area (TPSA) is 38.4 Å². The van der Waals surface area contributed by atoms with Crippen molar-refractivity contribution in [2.24, 2.45) is 4.99 Å². The molecule has 6 aromatic carbocycles. The molecule has 50 heavy (non-hydrogen) atoms. The van der Waals surface area contributed by atoms with Crippen LogP contribution in [0.2, 0.25) is 0 Å². The van der Waals surface area contributed by atoms with E-state index in [4.69, 9.17) is 14.4 Å². The minimum atomic E-state index is 0.0334. The molecule has 7 aromatic rings. The molecule has 0 bridgehead atoms. The fourth-order valence-electron chi connectivity index (χ4n) is 6.45. The summed E-state index contributed by atoms with van der Waals surface area (Å²) in [6.45, 7) is 18.0. The maximum Gasteiger partial charge on any atom is 0.229 e. The molecule has 0 amide bonds. The van der Waals surface area contributed by atoms with Crippen LogP contribution < -0.4 is 0 Å². The van der Waals surface area contributed by atoms with Crippen LogP contribution in [0.15, 0.2) is 131 Å². The fourth-order valence-corrected chi connectivity index (χ4v) is 6.45. The molecule has 0 N–H and O–H groups in total. The SMILES string of the molecule is CC(C)c1ccc(-c2ccc3cc(-c4cccc5oc(-c6ccccc6N=Cc6cc(C(C)(C)C)cc(C(C)(C)C)c6)nc45)ccc3c2)cc1. The molecule has 0 fully saturated rings. The molecule has 0 spiro atoms. The number of benzene rings is 6. The number of rotatable bonds is 6. The number of nitrogens with zero attached hydrogens (tertiary/aromatic N) is 2. The summed E-state index contributed by atoms with van der Waals surface area (Å²) in [6.07, 6.45) is 1.97. The molecule has 3 heteroatoms. The lowest BCUT2D eigenvalue weighted by atomic mass is 9.79. The Morgan fingerprint density at radius 3 is 1.86 bits per heavy atom. The van der Waals surface area contributed by atoms with Crippen molar-refractivity contribution in [2.45, 2.75) is 72.1 Å². The lowest BCUT2D eigenvalue weighted by Gasteiger charge is -2.25. The van der Waals surface area contributed by atoms with Gasteiger partial charge in [0.25, 0.3) is 0 Å². The molecule has 3 nitrogen and oxygen atoms in total. The Bertz CT molecular complexity index is 2330. The van der Waals surface area contributed by atoms with E-state index in [0.29, 0.717) is 11.8 Å². The molecule has 0 saturated carbocycles. The average Bonchev–Trinajstić information content (AvgIpc) is 3.54. The van der Waals surface area contributed by atoms with Crippen LogP contribution >= 0.6 is 0 Å². The number of para-hydroxylation sites is 2. The Kier molecular flexibility index (Phi) is 8.56. The normalized spacial score (nSPS) is 12.5. The quantitative estimate of drug-likeness (QED) is 0.167. The Hall–Kier alpha value is -5.28. The minimum Gasteiger partial charge on any atom is -0.436 e. The maximum absolute atomic E-state index is 6.43. The Labute approximate surface area is 296 Å². The van der Waals surface area contributed by atoms with Crippen LogP contribution in [-0.2, 0) is 10.8 Å². The van der Waals surface area contributed by atoms with Crippen molar-refractivity contribution in [3.05, 3.63) is 144 Å². The maximum atomic E-state index is 6.43. The van der Waals surface area contributed by atoms with Crippen LogP contribution in [0.1, 0.15) is 83.6 Å². The van der Waals surface area contributed by atoms with E-state index < -0.39 is 0 Å². The van der Waals surface area contributed by atoms with Crippen molar-refractivity contribution in [2.75, 3.05) is 0 Å². The number of aliphatic imine (C=N–C) groups is 1. The average molecular weight is 655 g/mol. The summed E-state index contributed by atoms with van der Waals surface area (Å²) in [7, 11) is 0. The van der Waals surface area contributed by atoms with Gasteiger partial charge in [-0.2, -0.15) is 0 Å². The van der Waals surface area contributed by atoms with E-state index in [0.717, 1.165) is 39.0 Å². The molecule has 1 heterocycles. The van der Waals surface area contributed by atoms with E-state index in [2.05, 4.69) is 140 Å². The van der Waals surface area contributed by atoms with Crippen LogP contribution in [0, 0.1) is 0 Å². The van der Waals surface area contributed by atoms with Gasteiger partial charge >= 0.3 is 0 Å². The third-order valence-electron chi connectivity index (χ3n) is 9.66. The Morgan fingerprint density at radius 1 is 0.600 bits per heavy atom. The molecular weight excluding hydrogens is 609 g/mol. The predicted molar refractivity (Wildman–Crippen MR) is 213 cm³/mol. The van der Waals surface area contributed by atoms with Gasteiger partial charge in [0.15, 0.2) is 5.58 Å². The molecule has 1 aromatic heterocycles. The van der Waals surface area contributed by atoms with Crippen molar-refractivity contribution < 1.29 is 4.42 Å². The highest BCUT2D eigenvalue weighted by atomic mass is 16.3. The highest BCUT2D eigenvalue weighted by molar-refractivity contribution is 5.97. The Balaban J connectivity index is 1.22. The minimum absolute atomic E-state index is 0.0334. The van der Waals surface area contributed by atoms with Crippen molar-refractivity contribution >= 4 is 33.8 Å². The van der Waals surface area contributed by atoms with Crippen molar-refractivity contribution in [1.29, 1.82) is 0 Å². The van der Waals surface area contributed by atoms with Crippen LogP contribution in [-0.4, -0.2) is 11.2 Å². The van der Waals surface area contributed by atoms with Crippen LogP contribution in [0.3, 0.4) is 0 Å². The second-order valence-corrected chi connectivity index (χ2v) is 15.8. The number of aromatic nitrogens is 1. The predicted octanol–water partition coefficient (Wildman–Crippen LogP) is 13.5. The zero-order valence-electron chi connectivity index (χ0n) is 30.5. The third-order valence-corrected chi connectivity index (χ3v) is 9.66. The summed E-state index contributed by atoms with van der Waals surface area (Å²) in [4.78, 5) is 10.1. The molecule has 0 aliphatic carbocycles. The van der Waals surface area contributed by atoms with Gasteiger partial charge in [0.05, 0.1) is 11.3 Å². The van der Waals surface area contributed by atoms with E-state index in [1.165, 1.54) is 38.6 Å². The molecule has 0 atom stereocenters. The van der Waals surface area contributed by atoms with E-state index in [1.54, 1.807) is 0 Å². The molecule has 0 radical (unpaired) electrons. The summed E-state index contributed by atoms with van der Waals surface area (Å²) in [5.74, 6) is 1.09. The monoisotopic (exact) mass is 654 g/mol. The zero-order valence-corrected chi connectivity index (χ0v) is 30.5. The molecular formula is C47H46N2O. The summed E-state index contributed by atoms with van der Waals surface area (Å²) < 4.78 is 6.43. The first kappa shape index (κ1) is 33.2. The van der Waals surface area contributed by atoms with Gasteiger partial charge < -0.3 is 4.42 Å². The first-order valence-electron chi connectivity index (χ1n) is 17.7. The van der Waals surface area contributed by atoms with Gasteiger partial charge in [-0.25, -0.2) is 4.98 Å². The van der Waals surface area contributed by atoms with Gasteiger partial charge in [0.1, 0.15) is 5.52 Å². The largest absolute Gasteiger partial charge is 0.436 e. The van der Waals surface area contributed by atoms with E-state index >= 15 is 0 Å². The highest BCUT2D eigenvalue weighted by Crippen LogP contribution is 2.37. The summed E-state index contributed by atoms with van der Waals surface area (Å²) in [5, 5.41) is 2.40. The standard InChI is InChI=1S/C47H46N2O/c1-30(2)32-16-18-33(19-17-32)34-20-21-36-27-37(23-22-35(36)26-34)40-13-11-15-43-44(40)49-45(50-43)41-12-9-10-14-42(41)48-29-31-24-38(46(3,4)5)28-39(25-31)47(6,7)8/h9-30H,1-8H3. The van der Waals surface area contributed by atoms with E-state index in [1.807, 2.05) is 42.6 Å². The molecule has 0 aliphatic heterocycles. The van der Waals surface area contributed by atoms with Gasteiger partial charge in [0, 0.05) is 11.8 Å². The zero-order chi connectivity index (χ0) is 35.2. The Morgan fingerprint density at radius 2 is 1.20 bits per heavy atom. The molecule has 0 saturated heterocycles. The van der Waals surface area contributed by atoms with Gasteiger partial charge in [-0.1, -0.05) is 134 Å². The molecule has 250 valence electrons. The first-order valence-corrected chi connectivity index (χ1v) is 17.7. The summed E-state index contributed by atoms with van der Waals surface area (Å²) in [6, 6.07) is 43.4. The number of oxazole rings is 1.